The van der Waals surface area contributed by atoms with Crippen molar-refractivity contribution in [3.8, 4) is 16.4 Å². The molecule has 1 amide bonds. The number of nitro benzene ring substituents is 1. The van der Waals surface area contributed by atoms with E-state index in [1.165, 1.54) is 5.38 Å². The van der Waals surface area contributed by atoms with Crippen molar-refractivity contribution >= 4 is 69.1 Å². The normalized spacial score (nSPS) is 13.6. The van der Waals surface area contributed by atoms with Crippen LogP contribution in [-0.4, -0.2) is 44.5 Å². The minimum Gasteiger partial charge on any atom is -0.468 e. The van der Waals surface area contributed by atoms with Gasteiger partial charge in [-0.3, -0.25) is 24.5 Å². The number of anilines is 1. The van der Waals surface area contributed by atoms with E-state index in [0.29, 0.717) is 5.13 Å². The second kappa shape index (κ2) is 12.9. The van der Waals surface area contributed by atoms with Gasteiger partial charge < -0.3 is 10.1 Å². The van der Waals surface area contributed by atoms with Crippen LogP contribution in [0.2, 0.25) is 10.0 Å². The predicted octanol–water partition coefficient (Wildman–Crippen LogP) is 6.63. The van der Waals surface area contributed by atoms with Crippen molar-refractivity contribution in [1.29, 1.82) is 0 Å². The molecule has 220 valence electrons. The number of nitro groups is 1. The van der Waals surface area contributed by atoms with Crippen LogP contribution < -0.4 is 5.32 Å². The second-order valence-corrected chi connectivity index (χ2v) is 11.2. The summed E-state index contributed by atoms with van der Waals surface area (Å²) in [6.45, 7) is 0. The first-order valence-electron chi connectivity index (χ1n) is 13.0. The Bertz CT molecular complexity index is 1740. The third-order valence-electron chi connectivity index (χ3n) is 6.78. The van der Waals surface area contributed by atoms with E-state index >= 15 is 0 Å². The van der Waals surface area contributed by atoms with Gasteiger partial charge in [0.1, 0.15) is 0 Å². The van der Waals surface area contributed by atoms with Gasteiger partial charge in [0.2, 0.25) is 10.9 Å². The Morgan fingerprint density at radius 1 is 1.12 bits per heavy atom. The van der Waals surface area contributed by atoms with Crippen molar-refractivity contribution in [2.75, 3.05) is 12.4 Å². The first-order chi connectivity index (χ1) is 20.7. The molecular weight excluding hydrogens is 617 g/mol. The lowest BCUT2D eigenvalue weighted by Gasteiger charge is -2.13. The molecule has 0 unspecified atom stereocenters. The van der Waals surface area contributed by atoms with Gasteiger partial charge in [0.15, 0.2) is 5.92 Å². The Labute approximate surface area is 259 Å². The van der Waals surface area contributed by atoms with Crippen molar-refractivity contribution in [1.82, 2.24) is 14.8 Å². The monoisotopic (exact) mass is 639 g/mol. The number of hydrogen-bond acceptors (Lipinski definition) is 9. The van der Waals surface area contributed by atoms with Crippen molar-refractivity contribution in [2.45, 2.75) is 31.6 Å². The molecule has 1 aliphatic carbocycles. The highest BCUT2D eigenvalue weighted by molar-refractivity contribution is 7.12. The van der Waals surface area contributed by atoms with Crippen molar-refractivity contribution < 1.29 is 24.0 Å². The minimum atomic E-state index is -1.71. The zero-order valence-electron chi connectivity index (χ0n) is 22.6. The van der Waals surface area contributed by atoms with E-state index in [2.05, 4.69) is 16.4 Å². The van der Waals surface area contributed by atoms with Crippen LogP contribution >= 0.6 is 34.5 Å². The number of ketones is 1. The van der Waals surface area contributed by atoms with Crippen LogP contribution in [0.5, 0.6) is 0 Å². The molecule has 2 heterocycles. The molecule has 0 spiro atoms. The van der Waals surface area contributed by atoms with Gasteiger partial charge >= 0.3 is 5.97 Å². The molecule has 43 heavy (non-hydrogen) atoms. The summed E-state index contributed by atoms with van der Waals surface area (Å²) in [6.07, 6.45) is 6.27. The molecule has 0 saturated carbocycles. The fourth-order valence-corrected chi connectivity index (χ4v) is 6.03. The Morgan fingerprint density at radius 2 is 1.84 bits per heavy atom. The highest BCUT2D eigenvalue weighted by Gasteiger charge is 2.37. The van der Waals surface area contributed by atoms with Crippen molar-refractivity contribution in [3.63, 3.8) is 0 Å². The van der Waals surface area contributed by atoms with E-state index < -0.39 is 34.2 Å². The molecule has 0 fully saturated rings. The summed E-state index contributed by atoms with van der Waals surface area (Å²) in [7, 11) is 1.09. The van der Waals surface area contributed by atoms with E-state index in [-0.39, 0.29) is 21.4 Å². The predicted molar refractivity (Wildman–Crippen MR) is 163 cm³/mol. The van der Waals surface area contributed by atoms with Crippen LogP contribution in [0.4, 0.5) is 11.4 Å². The van der Waals surface area contributed by atoms with E-state index in [0.717, 1.165) is 78.8 Å². The molecule has 0 saturated heterocycles. The van der Waals surface area contributed by atoms with Crippen LogP contribution in [0.25, 0.3) is 22.0 Å². The first-order valence-corrected chi connectivity index (χ1v) is 14.7. The number of nitrogens with one attached hydrogen (secondary N) is 1. The molecular formula is C29H23Cl2N5O6S. The number of rotatable bonds is 9. The lowest BCUT2D eigenvalue weighted by Crippen LogP contribution is -2.33. The third kappa shape index (κ3) is 6.36. The van der Waals surface area contributed by atoms with Gasteiger partial charge in [-0.1, -0.05) is 59.6 Å². The molecule has 2 aromatic heterocycles. The Kier molecular flexibility index (Phi) is 9.00. The van der Waals surface area contributed by atoms with E-state index in [4.69, 9.17) is 33.0 Å². The van der Waals surface area contributed by atoms with Gasteiger partial charge in [0.25, 0.3) is 11.6 Å². The molecule has 4 aromatic rings. The SMILES string of the molecule is COC(=O)[C@@H](C(=O)C(=O)Nc1c(Cl)cc([N+](=O)[O-])cc1Cl)c1csc(-n2nc(C3=CCCCC3)cc2-c2ccccc2)n1. The molecule has 1 atom stereocenters. The molecule has 1 aliphatic rings. The van der Waals surface area contributed by atoms with E-state index in [9.17, 15) is 24.5 Å². The number of halogens is 2. The Hall–Kier alpha value is -4.39. The number of esters is 1. The Morgan fingerprint density at radius 3 is 2.47 bits per heavy atom. The number of Topliss-reactive ketones (excluding diaryl/α,β-unsaturated/α-hetero) is 1. The van der Waals surface area contributed by atoms with Gasteiger partial charge in [-0.2, -0.15) is 5.10 Å². The lowest BCUT2D eigenvalue weighted by molar-refractivity contribution is -0.384. The number of aromatic nitrogens is 3. The number of ether oxygens (including phenoxy) is 1. The van der Waals surface area contributed by atoms with E-state index in [1.807, 2.05) is 36.4 Å². The highest BCUT2D eigenvalue weighted by atomic mass is 35.5. The molecule has 0 aliphatic heterocycles. The van der Waals surface area contributed by atoms with Gasteiger partial charge in [0.05, 0.1) is 44.8 Å². The van der Waals surface area contributed by atoms with Gasteiger partial charge in [0, 0.05) is 23.1 Å². The number of carbonyl (C=O) groups is 3. The molecule has 2 aromatic carbocycles. The van der Waals surface area contributed by atoms with Crippen molar-refractivity contribution in [3.05, 3.63) is 91.5 Å². The summed E-state index contributed by atoms with van der Waals surface area (Å²) in [5.41, 5.74) is 2.98. The fraction of sp³-hybridized carbons (Fsp3) is 0.207. The third-order valence-corrected chi connectivity index (χ3v) is 8.22. The zero-order valence-corrected chi connectivity index (χ0v) is 24.9. The van der Waals surface area contributed by atoms with Gasteiger partial charge in [-0.05, 0) is 37.3 Å². The summed E-state index contributed by atoms with van der Waals surface area (Å²) in [5.74, 6) is -5.14. The minimum absolute atomic E-state index is 0.0131. The van der Waals surface area contributed by atoms with Crippen LogP contribution in [0.3, 0.4) is 0 Å². The van der Waals surface area contributed by atoms with E-state index in [1.54, 1.807) is 4.68 Å². The number of nitrogens with zero attached hydrogens (tertiary/aromatic N) is 4. The lowest BCUT2D eigenvalue weighted by atomic mass is 9.97. The quantitative estimate of drug-likeness (QED) is 0.0705. The number of thiazole rings is 1. The van der Waals surface area contributed by atoms with Crippen LogP contribution in [0.1, 0.15) is 43.0 Å². The number of methoxy groups -OCH3 is 1. The number of hydrogen-bond donors (Lipinski definition) is 1. The number of amides is 1. The molecule has 5 rings (SSSR count). The Balaban J connectivity index is 1.48. The summed E-state index contributed by atoms with van der Waals surface area (Å²) < 4.78 is 6.49. The zero-order chi connectivity index (χ0) is 30.7. The number of non-ortho nitro benzene ring substituents is 1. The fourth-order valence-electron chi connectivity index (χ4n) is 4.65. The van der Waals surface area contributed by atoms with Crippen LogP contribution in [0, 0.1) is 10.1 Å². The average Bonchev–Trinajstić information content (AvgIpc) is 3.67. The summed E-state index contributed by atoms with van der Waals surface area (Å²) in [4.78, 5) is 54.0. The smallest absolute Gasteiger partial charge is 0.323 e. The van der Waals surface area contributed by atoms with Gasteiger partial charge in [-0.25, -0.2) is 9.67 Å². The van der Waals surface area contributed by atoms with Crippen LogP contribution in [0.15, 0.2) is 60.0 Å². The van der Waals surface area contributed by atoms with Crippen LogP contribution in [-0.2, 0) is 19.1 Å². The number of carbonyl (C=O) groups excluding carboxylic acids is 3. The topological polar surface area (TPSA) is 146 Å². The standard InChI is InChI=1S/C29H23Cl2N5O6S/c1-42-28(39)24(26(37)27(38)33-25-19(30)12-18(36(40)41)13-20(25)31)22-15-43-29(32-22)35-23(17-10-6-3-7-11-17)14-21(34-35)16-8-4-2-5-9-16/h3,6-8,10-15,24H,2,4-5,9H2,1H3,(H,33,38)/t24-/m1/s1. The maximum absolute atomic E-state index is 13.3. The number of benzene rings is 2. The maximum Gasteiger partial charge on any atom is 0.323 e. The summed E-state index contributed by atoms with van der Waals surface area (Å²) in [5, 5.41) is 19.5. The highest BCUT2D eigenvalue weighted by Crippen LogP contribution is 2.36. The first kappa shape index (κ1) is 30.1. The molecule has 14 heteroatoms. The average molecular weight is 641 g/mol. The molecule has 1 N–H and O–H groups in total. The van der Waals surface area contributed by atoms with Crippen molar-refractivity contribution in [2.24, 2.45) is 0 Å². The summed E-state index contributed by atoms with van der Waals surface area (Å²) in [6, 6.07) is 13.6. The molecule has 11 nitrogen and oxygen atoms in total. The number of allylic oxidation sites excluding steroid dienone is 2. The summed E-state index contributed by atoms with van der Waals surface area (Å²) >= 11 is 13.3. The molecule has 0 radical (unpaired) electrons. The second-order valence-electron chi connectivity index (χ2n) is 9.54. The molecule has 0 bridgehead atoms. The maximum atomic E-state index is 13.3. The largest absolute Gasteiger partial charge is 0.468 e. The van der Waals surface area contributed by atoms with Gasteiger partial charge in [-0.15, -0.1) is 11.3 Å².